The van der Waals surface area contributed by atoms with E-state index >= 15 is 0 Å². The molecule has 22 heavy (non-hydrogen) atoms. The SMILES string of the molecule is O=S(=O)(Cc1ccon1)N[C@@H]1CCN(c2cccc(Cl)c2)C1. The molecule has 0 radical (unpaired) electrons. The molecule has 1 aromatic heterocycles. The van der Waals surface area contributed by atoms with Crippen LogP contribution in [0.5, 0.6) is 0 Å². The summed E-state index contributed by atoms with van der Waals surface area (Å²) in [5.41, 5.74) is 1.41. The summed E-state index contributed by atoms with van der Waals surface area (Å²) in [5, 5.41) is 4.30. The zero-order valence-corrected chi connectivity index (χ0v) is 13.3. The van der Waals surface area contributed by atoms with Gasteiger partial charge in [-0.2, -0.15) is 0 Å². The second-order valence-corrected chi connectivity index (χ2v) is 7.47. The maximum atomic E-state index is 12.1. The van der Waals surface area contributed by atoms with Crippen LogP contribution in [-0.4, -0.2) is 32.7 Å². The molecule has 1 fully saturated rings. The van der Waals surface area contributed by atoms with Gasteiger partial charge in [0.15, 0.2) is 0 Å². The number of nitrogens with one attached hydrogen (secondary N) is 1. The van der Waals surface area contributed by atoms with E-state index in [1.165, 1.54) is 6.26 Å². The van der Waals surface area contributed by atoms with Crippen LogP contribution in [0.25, 0.3) is 0 Å². The average Bonchev–Trinajstić information content (AvgIpc) is 3.09. The lowest BCUT2D eigenvalue weighted by molar-refractivity contribution is 0.413. The Labute approximate surface area is 134 Å². The van der Waals surface area contributed by atoms with E-state index in [0.717, 1.165) is 18.7 Å². The third kappa shape index (κ3) is 3.79. The van der Waals surface area contributed by atoms with Crippen molar-refractivity contribution in [2.45, 2.75) is 18.2 Å². The van der Waals surface area contributed by atoms with Gasteiger partial charge in [-0.3, -0.25) is 0 Å². The number of benzene rings is 1. The minimum atomic E-state index is -3.43. The summed E-state index contributed by atoms with van der Waals surface area (Å²) in [5.74, 6) is -0.169. The van der Waals surface area contributed by atoms with Gasteiger partial charge in [0, 0.05) is 35.9 Å². The molecule has 3 rings (SSSR count). The fraction of sp³-hybridized carbons (Fsp3) is 0.357. The Hall–Kier alpha value is -1.57. The third-order valence-corrected chi connectivity index (χ3v) is 5.14. The van der Waals surface area contributed by atoms with Crippen LogP contribution >= 0.6 is 11.6 Å². The Kier molecular flexibility index (Phi) is 4.37. The number of nitrogens with zero attached hydrogens (tertiary/aromatic N) is 2. The summed E-state index contributed by atoms with van der Waals surface area (Å²) in [6, 6.07) is 8.99. The summed E-state index contributed by atoms with van der Waals surface area (Å²) in [4.78, 5) is 2.12. The molecule has 1 saturated heterocycles. The van der Waals surface area contributed by atoms with Crippen molar-refractivity contribution in [3.8, 4) is 0 Å². The molecule has 6 nitrogen and oxygen atoms in total. The number of aromatic nitrogens is 1. The first-order valence-corrected chi connectivity index (χ1v) is 8.95. The molecule has 118 valence electrons. The fourth-order valence-corrected chi connectivity index (χ4v) is 4.07. The number of sulfonamides is 1. The van der Waals surface area contributed by atoms with E-state index in [9.17, 15) is 8.42 Å². The van der Waals surface area contributed by atoms with Crippen LogP contribution in [0, 0.1) is 0 Å². The van der Waals surface area contributed by atoms with Crippen molar-refractivity contribution in [2.75, 3.05) is 18.0 Å². The third-order valence-electron chi connectivity index (χ3n) is 3.54. The largest absolute Gasteiger partial charge is 0.370 e. The van der Waals surface area contributed by atoms with Crippen molar-refractivity contribution in [1.82, 2.24) is 9.88 Å². The molecule has 0 saturated carbocycles. The van der Waals surface area contributed by atoms with E-state index in [-0.39, 0.29) is 11.8 Å². The monoisotopic (exact) mass is 341 g/mol. The van der Waals surface area contributed by atoms with Crippen molar-refractivity contribution >= 4 is 27.3 Å². The quantitative estimate of drug-likeness (QED) is 0.900. The molecule has 2 aromatic rings. The summed E-state index contributed by atoms with van der Waals surface area (Å²) in [6.45, 7) is 1.41. The van der Waals surface area contributed by atoms with Crippen molar-refractivity contribution in [1.29, 1.82) is 0 Å². The van der Waals surface area contributed by atoms with Gasteiger partial charge in [-0.25, -0.2) is 13.1 Å². The molecular formula is C14H16ClN3O3S. The Morgan fingerprint density at radius 3 is 3.00 bits per heavy atom. The van der Waals surface area contributed by atoms with Gasteiger partial charge in [-0.05, 0) is 24.6 Å². The number of rotatable bonds is 5. The molecule has 0 amide bonds. The van der Waals surface area contributed by atoms with Crippen molar-refractivity contribution in [2.24, 2.45) is 0 Å². The Morgan fingerprint density at radius 2 is 2.27 bits per heavy atom. The van der Waals surface area contributed by atoms with E-state index in [1.54, 1.807) is 6.07 Å². The van der Waals surface area contributed by atoms with E-state index in [2.05, 4.69) is 19.3 Å². The number of hydrogen-bond donors (Lipinski definition) is 1. The lowest BCUT2D eigenvalue weighted by atomic mass is 10.3. The van der Waals surface area contributed by atoms with Crippen LogP contribution in [0.1, 0.15) is 12.1 Å². The Morgan fingerprint density at radius 1 is 1.41 bits per heavy atom. The highest BCUT2D eigenvalue weighted by molar-refractivity contribution is 7.88. The number of anilines is 1. The van der Waals surface area contributed by atoms with Crippen molar-refractivity contribution < 1.29 is 12.9 Å². The van der Waals surface area contributed by atoms with Gasteiger partial charge in [-0.1, -0.05) is 22.8 Å². The first-order chi connectivity index (χ1) is 10.5. The van der Waals surface area contributed by atoms with Gasteiger partial charge in [0.1, 0.15) is 12.0 Å². The van der Waals surface area contributed by atoms with E-state index < -0.39 is 10.0 Å². The van der Waals surface area contributed by atoms with Gasteiger partial charge in [0.2, 0.25) is 10.0 Å². The van der Waals surface area contributed by atoms with E-state index in [4.69, 9.17) is 11.6 Å². The van der Waals surface area contributed by atoms with Crippen LogP contribution in [0.2, 0.25) is 5.02 Å². The molecule has 2 heterocycles. The maximum Gasteiger partial charge on any atom is 0.217 e. The summed E-state index contributed by atoms with van der Waals surface area (Å²) >= 11 is 5.99. The van der Waals surface area contributed by atoms with Crippen molar-refractivity contribution in [3.63, 3.8) is 0 Å². The number of halogens is 1. The average molecular weight is 342 g/mol. The van der Waals surface area contributed by atoms with Crippen LogP contribution in [0.4, 0.5) is 5.69 Å². The Balaban J connectivity index is 1.61. The smallest absolute Gasteiger partial charge is 0.217 e. The van der Waals surface area contributed by atoms with Gasteiger partial charge in [0.25, 0.3) is 0 Å². The molecule has 0 bridgehead atoms. The van der Waals surface area contributed by atoms with E-state index in [0.29, 0.717) is 17.3 Å². The minimum Gasteiger partial charge on any atom is -0.370 e. The Bertz CT molecular complexity index is 734. The predicted molar refractivity (Wildman–Crippen MR) is 84.3 cm³/mol. The van der Waals surface area contributed by atoms with Crippen LogP contribution < -0.4 is 9.62 Å². The lowest BCUT2D eigenvalue weighted by Gasteiger charge is -2.19. The fourth-order valence-electron chi connectivity index (χ4n) is 2.57. The normalized spacial score (nSPS) is 18.8. The topological polar surface area (TPSA) is 75.4 Å². The highest BCUT2D eigenvalue weighted by atomic mass is 35.5. The molecule has 0 spiro atoms. The number of hydrogen-bond acceptors (Lipinski definition) is 5. The van der Waals surface area contributed by atoms with Gasteiger partial charge in [-0.15, -0.1) is 0 Å². The molecule has 8 heteroatoms. The molecule has 1 N–H and O–H groups in total. The molecule has 1 aliphatic rings. The zero-order chi connectivity index (χ0) is 15.6. The zero-order valence-electron chi connectivity index (χ0n) is 11.8. The van der Waals surface area contributed by atoms with Gasteiger partial charge >= 0.3 is 0 Å². The summed E-state index contributed by atoms with van der Waals surface area (Å²) in [6.07, 6.45) is 2.12. The lowest BCUT2D eigenvalue weighted by Crippen LogP contribution is -2.37. The van der Waals surface area contributed by atoms with Crippen molar-refractivity contribution in [3.05, 3.63) is 47.3 Å². The predicted octanol–water partition coefficient (Wildman–Crippen LogP) is 2.03. The molecule has 1 aliphatic heterocycles. The molecular weight excluding hydrogens is 326 g/mol. The molecule has 0 aliphatic carbocycles. The second kappa shape index (κ2) is 6.28. The first kappa shape index (κ1) is 15.3. The first-order valence-electron chi connectivity index (χ1n) is 6.92. The van der Waals surface area contributed by atoms with Crippen LogP contribution in [0.3, 0.4) is 0 Å². The highest BCUT2D eigenvalue weighted by Crippen LogP contribution is 2.23. The minimum absolute atomic E-state index is 0.115. The molecule has 1 atom stereocenters. The van der Waals surface area contributed by atoms with Gasteiger partial charge < -0.3 is 9.42 Å². The molecule has 0 unspecified atom stereocenters. The second-order valence-electron chi connectivity index (χ2n) is 5.28. The standard InChI is InChI=1S/C14H16ClN3O3S/c15-11-2-1-3-14(8-11)18-6-4-12(9-18)17-22(19,20)10-13-5-7-21-16-13/h1-3,5,7-8,12,17H,4,6,9-10H2/t12-/m1/s1. The van der Waals surface area contributed by atoms with Gasteiger partial charge in [0.05, 0.1) is 5.69 Å². The summed E-state index contributed by atoms with van der Waals surface area (Å²) in [7, 11) is -3.43. The maximum absolute atomic E-state index is 12.1. The molecule has 1 aromatic carbocycles. The van der Waals surface area contributed by atoms with E-state index in [1.807, 2.05) is 24.3 Å². The summed E-state index contributed by atoms with van der Waals surface area (Å²) < 4.78 is 31.6. The van der Waals surface area contributed by atoms with Crippen LogP contribution in [0.15, 0.2) is 41.1 Å². The van der Waals surface area contributed by atoms with Crippen LogP contribution in [-0.2, 0) is 15.8 Å². The highest BCUT2D eigenvalue weighted by Gasteiger charge is 2.27.